The minimum atomic E-state index is 0.247. The second-order valence-corrected chi connectivity index (χ2v) is 9.83. The Hall–Kier alpha value is -2.29. The van der Waals surface area contributed by atoms with Gasteiger partial charge in [0.2, 0.25) is 5.91 Å². The molecule has 2 fully saturated rings. The van der Waals surface area contributed by atoms with Crippen LogP contribution in [0.5, 0.6) is 0 Å². The molecule has 3 aromatic rings. The fraction of sp³-hybridized carbons (Fsp3) is 0.458. The second kappa shape index (κ2) is 5.60. The first-order valence-electron chi connectivity index (χ1n) is 10.0. The molecule has 1 amide bonds. The van der Waals surface area contributed by atoms with Crippen molar-refractivity contribution >= 4 is 27.6 Å². The molecule has 1 aliphatic carbocycles. The van der Waals surface area contributed by atoms with Gasteiger partial charge in [-0.1, -0.05) is 51.1 Å². The zero-order valence-electron chi connectivity index (χ0n) is 16.4. The van der Waals surface area contributed by atoms with Crippen LogP contribution in [-0.4, -0.2) is 23.4 Å². The van der Waals surface area contributed by atoms with Crippen molar-refractivity contribution in [1.29, 1.82) is 0 Å². The number of nitrogens with zero attached hydrogens (tertiary/aromatic N) is 1. The molecule has 1 aliphatic heterocycles. The van der Waals surface area contributed by atoms with Crippen molar-refractivity contribution in [2.45, 2.75) is 52.5 Å². The van der Waals surface area contributed by atoms with Crippen LogP contribution in [0.2, 0.25) is 0 Å². The Morgan fingerprint density at radius 3 is 2.81 bits per heavy atom. The van der Waals surface area contributed by atoms with E-state index in [1.807, 2.05) is 18.2 Å². The number of benzene rings is 2. The molecule has 2 bridgehead atoms. The van der Waals surface area contributed by atoms with Crippen molar-refractivity contribution in [3.8, 4) is 0 Å². The number of hydrogen-bond donors (Lipinski definition) is 0. The van der Waals surface area contributed by atoms with Gasteiger partial charge in [0.15, 0.2) is 0 Å². The van der Waals surface area contributed by atoms with Gasteiger partial charge in [-0.2, -0.15) is 0 Å². The van der Waals surface area contributed by atoms with Crippen LogP contribution in [0.4, 0.5) is 0 Å². The molecular weight excluding hydrogens is 334 g/mol. The number of furan rings is 1. The van der Waals surface area contributed by atoms with Crippen LogP contribution in [0.3, 0.4) is 0 Å². The summed E-state index contributed by atoms with van der Waals surface area (Å²) in [6.45, 7) is 7.95. The van der Waals surface area contributed by atoms with Gasteiger partial charge in [0.05, 0.1) is 12.7 Å². The van der Waals surface area contributed by atoms with Crippen molar-refractivity contribution in [3.63, 3.8) is 0 Å². The van der Waals surface area contributed by atoms with Crippen molar-refractivity contribution in [1.82, 2.24) is 4.90 Å². The van der Waals surface area contributed by atoms with Crippen LogP contribution in [0.25, 0.3) is 21.7 Å². The van der Waals surface area contributed by atoms with Gasteiger partial charge in [-0.3, -0.25) is 4.79 Å². The number of carbonyl (C=O) groups excluding carboxylic acids is 1. The van der Waals surface area contributed by atoms with Crippen molar-refractivity contribution in [2.24, 2.45) is 10.8 Å². The summed E-state index contributed by atoms with van der Waals surface area (Å²) < 4.78 is 5.79. The molecule has 3 heteroatoms. The molecule has 3 nitrogen and oxygen atoms in total. The van der Waals surface area contributed by atoms with Crippen molar-refractivity contribution in [3.05, 3.63) is 48.2 Å². The maximum Gasteiger partial charge on any atom is 0.227 e. The molecule has 2 heterocycles. The van der Waals surface area contributed by atoms with Crippen molar-refractivity contribution in [2.75, 3.05) is 6.54 Å². The molecule has 1 saturated carbocycles. The molecule has 0 unspecified atom stereocenters. The van der Waals surface area contributed by atoms with E-state index in [9.17, 15) is 4.79 Å². The third kappa shape index (κ3) is 2.75. The van der Waals surface area contributed by atoms with Gasteiger partial charge in [-0.05, 0) is 46.9 Å². The number of fused-ring (bicyclic) bond motifs is 5. The smallest absolute Gasteiger partial charge is 0.227 e. The Labute approximate surface area is 160 Å². The van der Waals surface area contributed by atoms with E-state index in [1.165, 1.54) is 17.2 Å². The van der Waals surface area contributed by atoms with Crippen LogP contribution < -0.4 is 0 Å². The van der Waals surface area contributed by atoms with E-state index in [0.29, 0.717) is 17.9 Å². The van der Waals surface area contributed by atoms with Gasteiger partial charge in [-0.25, -0.2) is 0 Å². The average Bonchev–Trinajstić information content (AvgIpc) is 3.12. The molecule has 5 rings (SSSR count). The zero-order chi connectivity index (χ0) is 18.8. The normalized spacial score (nSPS) is 26.8. The first-order valence-corrected chi connectivity index (χ1v) is 10.0. The van der Waals surface area contributed by atoms with E-state index in [0.717, 1.165) is 35.9 Å². The van der Waals surface area contributed by atoms with Gasteiger partial charge in [0, 0.05) is 23.5 Å². The van der Waals surface area contributed by atoms with E-state index in [4.69, 9.17) is 4.42 Å². The Bertz CT molecular complexity index is 1050. The molecule has 0 spiro atoms. The topological polar surface area (TPSA) is 33.5 Å². The summed E-state index contributed by atoms with van der Waals surface area (Å²) in [5, 5.41) is 3.45. The fourth-order valence-corrected chi connectivity index (χ4v) is 6.02. The predicted molar refractivity (Wildman–Crippen MR) is 109 cm³/mol. The molecular formula is C24H27NO2. The lowest BCUT2D eigenvalue weighted by atomic mass is 9.65. The van der Waals surface area contributed by atoms with E-state index < -0.39 is 0 Å². The van der Waals surface area contributed by atoms with Crippen LogP contribution in [0, 0.1) is 10.8 Å². The lowest BCUT2D eigenvalue weighted by Crippen LogP contribution is -2.38. The number of amides is 1. The van der Waals surface area contributed by atoms with Gasteiger partial charge in [-0.15, -0.1) is 0 Å². The molecule has 140 valence electrons. The average molecular weight is 361 g/mol. The summed E-state index contributed by atoms with van der Waals surface area (Å²) in [7, 11) is 0. The largest absolute Gasteiger partial charge is 0.464 e. The Balaban J connectivity index is 1.48. The van der Waals surface area contributed by atoms with E-state index in [-0.39, 0.29) is 11.3 Å². The van der Waals surface area contributed by atoms with E-state index >= 15 is 0 Å². The summed E-state index contributed by atoms with van der Waals surface area (Å²) in [5.41, 5.74) is 2.47. The third-order valence-corrected chi connectivity index (χ3v) is 6.62. The summed E-state index contributed by atoms with van der Waals surface area (Å²) in [6, 6.07) is 12.8. The molecule has 2 aliphatic rings. The zero-order valence-corrected chi connectivity index (χ0v) is 16.4. The van der Waals surface area contributed by atoms with Gasteiger partial charge >= 0.3 is 0 Å². The first-order chi connectivity index (χ1) is 12.8. The Morgan fingerprint density at radius 1 is 1.15 bits per heavy atom. The maximum absolute atomic E-state index is 13.3. The lowest BCUT2D eigenvalue weighted by Gasteiger charge is -2.39. The molecule has 1 aromatic heterocycles. The highest BCUT2D eigenvalue weighted by Gasteiger charge is 2.50. The highest BCUT2D eigenvalue weighted by atomic mass is 16.3. The fourth-order valence-electron chi connectivity index (χ4n) is 6.02. The summed E-state index contributed by atoms with van der Waals surface area (Å²) in [5.74, 6) is 0.247. The first kappa shape index (κ1) is 16.9. The van der Waals surface area contributed by atoms with E-state index in [1.54, 1.807) is 6.26 Å². The minimum absolute atomic E-state index is 0.247. The SMILES string of the molecule is CC1(C)C[C@@H]2C[C@@](C)(CN2C(=O)Cc2coc3ccc4ccccc4c23)C1. The second-order valence-electron chi connectivity index (χ2n) is 9.83. The Kier molecular flexibility index (Phi) is 3.50. The molecule has 0 N–H and O–H groups in total. The van der Waals surface area contributed by atoms with Crippen LogP contribution in [0.15, 0.2) is 47.1 Å². The maximum atomic E-state index is 13.3. The highest BCUT2D eigenvalue weighted by molar-refractivity contribution is 6.08. The predicted octanol–water partition coefficient (Wildman–Crippen LogP) is 5.56. The number of hydrogen-bond acceptors (Lipinski definition) is 2. The standard InChI is InChI=1S/C24H27NO2/c1-23(2)11-18-12-24(3,14-23)15-25(18)21(26)10-17-13-27-20-9-8-16-6-4-5-7-19(16)22(17)20/h4-9,13,18H,10-12,14-15H2,1-3H3/t18-,24-/m1/s1. The molecule has 2 atom stereocenters. The molecule has 2 aromatic carbocycles. The Morgan fingerprint density at radius 2 is 1.96 bits per heavy atom. The molecule has 1 saturated heterocycles. The third-order valence-electron chi connectivity index (χ3n) is 6.62. The minimum Gasteiger partial charge on any atom is -0.464 e. The van der Waals surface area contributed by atoms with Gasteiger partial charge < -0.3 is 9.32 Å². The monoisotopic (exact) mass is 361 g/mol. The summed E-state index contributed by atoms with van der Waals surface area (Å²) >= 11 is 0. The van der Waals surface area contributed by atoms with Crippen LogP contribution >= 0.6 is 0 Å². The number of likely N-dealkylation sites (tertiary alicyclic amines) is 1. The number of rotatable bonds is 2. The summed E-state index contributed by atoms with van der Waals surface area (Å²) in [4.78, 5) is 15.4. The highest BCUT2D eigenvalue weighted by Crippen LogP contribution is 2.52. The lowest BCUT2D eigenvalue weighted by molar-refractivity contribution is -0.131. The van der Waals surface area contributed by atoms with Gasteiger partial charge in [0.1, 0.15) is 5.58 Å². The molecule has 27 heavy (non-hydrogen) atoms. The quantitative estimate of drug-likeness (QED) is 0.599. The van der Waals surface area contributed by atoms with Crippen LogP contribution in [-0.2, 0) is 11.2 Å². The van der Waals surface area contributed by atoms with Gasteiger partial charge in [0.25, 0.3) is 0 Å². The number of carbonyl (C=O) groups is 1. The summed E-state index contributed by atoms with van der Waals surface area (Å²) in [6.07, 6.45) is 5.68. The van der Waals surface area contributed by atoms with E-state index in [2.05, 4.69) is 43.9 Å². The van der Waals surface area contributed by atoms with Crippen molar-refractivity contribution < 1.29 is 9.21 Å². The molecule has 0 radical (unpaired) electrons. The van der Waals surface area contributed by atoms with Crippen LogP contribution in [0.1, 0.15) is 45.6 Å².